The quantitative estimate of drug-likeness (QED) is 0.785. The summed E-state index contributed by atoms with van der Waals surface area (Å²) in [5, 5.41) is 4.52. The summed E-state index contributed by atoms with van der Waals surface area (Å²) in [4.78, 5) is 27.4. The molecule has 1 fully saturated rings. The lowest BCUT2D eigenvalue weighted by Crippen LogP contribution is -2.42. The predicted molar refractivity (Wildman–Crippen MR) is 104 cm³/mol. The molecule has 27 heavy (non-hydrogen) atoms. The van der Waals surface area contributed by atoms with Crippen molar-refractivity contribution in [2.24, 2.45) is 13.0 Å². The second-order valence-electron chi connectivity index (χ2n) is 7.52. The van der Waals surface area contributed by atoms with Gasteiger partial charge < -0.3 is 4.90 Å². The van der Waals surface area contributed by atoms with Crippen LogP contribution in [0.2, 0.25) is 0 Å². The zero-order valence-corrected chi connectivity index (χ0v) is 15.8. The first-order valence-electron chi connectivity index (χ1n) is 9.80. The van der Waals surface area contributed by atoms with Gasteiger partial charge in [-0.2, -0.15) is 5.10 Å². The number of carbonyl (C=O) groups excluding carboxylic acids is 1. The number of aryl methyl sites for hydroxylation is 1. The van der Waals surface area contributed by atoms with Gasteiger partial charge in [0.1, 0.15) is 5.82 Å². The van der Waals surface area contributed by atoms with Crippen LogP contribution in [0.3, 0.4) is 0 Å². The van der Waals surface area contributed by atoms with Crippen molar-refractivity contribution in [2.75, 3.05) is 13.1 Å². The number of hydrogen-bond donors (Lipinski definition) is 0. The third-order valence-corrected chi connectivity index (χ3v) is 5.75. The topological polar surface area (TPSA) is 60.1 Å². The van der Waals surface area contributed by atoms with Crippen molar-refractivity contribution >= 4 is 5.91 Å². The van der Waals surface area contributed by atoms with Crippen molar-refractivity contribution in [1.29, 1.82) is 0 Å². The van der Waals surface area contributed by atoms with E-state index in [1.54, 1.807) is 11.6 Å². The fourth-order valence-corrected chi connectivity index (χ4v) is 4.20. The zero-order chi connectivity index (χ0) is 18.8. The number of para-hydroxylation sites is 1. The van der Waals surface area contributed by atoms with Crippen LogP contribution in [0, 0.1) is 5.92 Å². The number of likely N-dealkylation sites (tertiary alicyclic amines) is 1. The molecule has 0 radical (unpaired) electrons. The molecule has 1 aliphatic heterocycles. The highest BCUT2D eigenvalue weighted by molar-refractivity contribution is 5.79. The van der Waals surface area contributed by atoms with Gasteiger partial charge in [0.2, 0.25) is 5.91 Å². The van der Waals surface area contributed by atoms with Crippen LogP contribution >= 0.6 is 0 Å². The Kier molecular flexibility index (Phi) is 4.97. The van der Waals surface area contributed by atoms with Crippen LogP contribution in [0.4, 0.5) is 0 Å². The van der Waals surface area contributed by atoms with E-state index in [9.17, 15) is 9.59 Å². The molecule has 0 bridgehead atoms. The summed E-state index contributed by atoms with van der Waals surface area (Å²) in [6.07, 6.45) is 8.82. The minimum absolute atomic E-state index is 0.122. The second kappa shape index (κ2) is 7.55. The van der Waals surface area contributed by atoms with Crippen molar-refractivity contribution in [3.05, 3.63) is 58.8 Å². The Morgan fingerprint density at radius 2 is 1.81 bits per heavy atom. The first kappa shape index (κ1) is 17.8. The molecule has 4 rings (SSSR count). The van der Waals surface area contributed by atoms with Crippen molar-refractivity contribution in [3.8, 4) is 5.69 Å². The molecule has 1 aromatic heterocycles. The maximum atomic E-state index is 12.8. The van der Waals surface area contributed by atoms with E-state index in [-0.39, 0.29) is 17.5 Å². The maximum Gasteiger partial charge on any atom is 0.350 e. The van der Waals surface area contributed by atoms with Crippen LogP contribution in [-0.2, 0) is 11.8 Å². The smallest absolute Gasteiger partial charge is 0.342 e. The van der Waals surface area contributed by atoms with Gasteiger partial charge in [0.25, 0.3) is 0 Å². The molecule has 1 aliphatic carbocycles. The van der Waals surface area contributed by atoms with Gasteiger partial charge in [-0.3, -0.25) is 4.79 Å². The SMILES string of the molecule is Cn1nc(C2CCN(C(=O)C3CC=CCC3)CC2)n(-c2ccccc2)c1=O. The van der Waals surface area contributed by atoms with E-state index in [2.05, 4.69) is 17.3 Å². The van der Waals surface area contributed by atoms with Crippen molar-refractivity contribution in [3.63, 3.8) is 0 Å². The second-order valence-corrected chi connectivity index (χ2v) is 7.52. The Morgan fingerprint density at radius 1 is 1.07 bits per heavy atom. The van der Waals surface area contributed by atoms with Gasteiger partial charge in [-0.05, 0) is 44.2 Å². The van der Waals surface area contributed by atoms with E-state index in [0.717, 1.165) is 56.7 Å². The minimum Gasteiger partial charge on any atom is -0.342 e. The number of rotatable bonds is 3. The molecule has 6 heteroatoms. The monoisotopic (exact) mass is 366 g/mol. The summed E-state index contributed by atoms with van der Waals surface area (Å²) in [5.74, 6) is 1.43. The van der Waals surface area contributed by atoms with Gasteiger partial charge in [0, 0.05) is 32.0 Å². The number of nitrogens with zero attached hydrogens (tertiary/aromatic N) is 4. The molecule has 1 atom stereocenters. The lowest BCUT2D eigenvalue weighted by atomic mass is 9.90. The molecule has 0 saturated carbocycles. The Balaban J connectivity index is 1.50. The van der Waals surface area contributed by atoms with Crippen molar-refractivity contribution in [2.45, 2.75) is 38.0 Å². The molecule has 1 unspecified atom stereocenters. The number of piperidine rings is 1. The van der Waals surface area contributed by atoms with Gasteiger partial charge in [0.05, 0.1) is 5.69 Å². The summed E-state index contributed by atoms with van der Waals surface area (Å²) in [6, 6.07) is 9.66. The Labute approximate surface area is 159 Å². The lowest BCUT2D eigenvalue weighted by molar-refractivity contribution is -0.136. The molecular formula is C21H26N4O2. The van der Waals surface area contributed by atoms with Gasteiger partial charge in [0.15, 0.2) is 0 Å². The summed E-state index contributed by atoms with van der Waals surface area (Å²) in [7, 11) is 1.69. The third kappa shape index (κ3) is 3.48. The molecule has 0 N–H and O–H groups in total. The number of aromatic nitrogens is 3. The van der Waals surface area contributed by atoms with Crippen molar-refractivity contribution < 1.29 is 4.79 Å². The van der Waals surface area contributed by atoms with Crippen LogP contribution in [0.1, 0.15) is 43.8 Å². The highest BCUT2D eigenvalue weighted by Gasteiger charge is 2.31. The van der Waals surface area contributed by atoms with Crippen LogP contribution < -0.4 is 5.69 Å². The van der Waals surface area contributed by atoms with E-state index in [1.807, 2.05) is 35.2 Å². The third-order valence-electron chi connectivity index (χ3n) is 5.75. The largest absolute Gasteiger partial charge is 0.350 e. The number of benzene rings is 1. The molecule has 142 valence electrons. The minimum atomic E-state index is -0.122. The summed E-state index contributed by atoms with van der Waals surface area (Å²) >= 11 is 0. The van der Waals surface area contributed by atoms with E-state index >= 15 is 0 Å². The first-order valence-corrected chi connectivity index (χ1v) is 9.80. The van der Waals surface area contributed by atoms with Crippen LogP contribution in [-0.4, -0.2) is 38.2 Å². The lowest BCUT2D eigenvalue weighted by Gasteiger charge is -2.34. The predicted octanol–water partition coefficient (Wildman–Crippen LogP) is 2.63. The van der Waals surface area contributed by atoms with Gasteiger partial charge in [-0.15, -0.1) is 0 Å². The highest BCUT2D eigenvalue weighted by Crippen LogP contribution is 2.29. The molecule has 2 aliphatic rings. The molecule has 1 aromatic carbocycles. The molecule has 1 amide bonds. The normalized spacial score (nSPS) is 20.8. The number of amides is 1. The van der Waals surface area contributed by atoms with E-state index in [0.29, 0.717) is 5.91 Å². The molecular weight excluding hydrogens is 340 g/mol. The molecule has 2 heterocycles. The summed E-state index contributed by atoms with van der Waals surface area (Å²) in [6.45, 7) is 1.48. The fraction of sp³-hybridized carbons (Fsp3) is 0.476. The molecule has 2 aromatic rings. The molecule has 0 spiro atoms. The number of carbonyl (C=O) groups is 1. The zero-order valence-electron chi connectivity index (χ0n) is 15.8. The van der Waals surface area contributed by atoms with Crippen LogP contribution in [0.5, 0.6) is 0 Å². The standard InChI is InChI=1S/C21H26N4O2/c1-23-21(27)25(18-10-6-3-7-11-18)19(22-23)16-12-14-24(15-13-16)20(26)17-8-4-2-5-9-17/h2-4,6-7,10-11,16-17H,5,8-9,12-15H2,1H3. The average molecular weight is 366 g/mol. The fourth-order valence-electron chi connectivity index (χ4n) is 4.20. The Hall–Kier alpha value is -2.63. The molecule has 6 nitrogen and oxygen atoms in total. The average Bonchev–Trinajstić information content (AvgIpc) is 3.03. The van der Waals surface area contributed by atoms with Crippen LogP contribution in [0.25, 0.3) is 5.69 Å². The van der Waals surface area contributed by atoms with Crippen LogP contribution in [0.15, 0.2) is 47.3 Å². The molecule has 1 saturated heterocycles. The first-order chi connectivity index (χ1) is 13.1. The Bertz CT molecular complexity index is 889. The van der Waals surface area contributed by atoms with Gasteiger partial charge in [-0.1, -0.05) is 30.4 Å². The van der Waals surface area contributed by atoms with E-state index in [1.165, 1.54) is 4.68 Å². The van der Waals surface area contributed by atoms with E-state index < -0.39 is 0 Å². The Morgan fingerprint density at radius 3 is 2.48 bits per heavy atom. The summed E-state index contributed by atoms with van der Waals surface area (Å²) < 4.78 is 3.13. The van der Waals surface area contributed by atoms with Gasteiger partial charge >= 0.3 is 5.69 Å². The van der Waals surface area contributed by atoms with Crippen molar-refractivity contribution in [1.82, 2.24) is 19.2 Å². The van der Waals surface area contributed by atoms with Gasteiger partial charge in [-0.25, -0.2) is 14.0 Å². The van der Waals surface area contributed by atoms with E-state index in [4.69, 9.17) is 0 Å². The number of allylic oxidation sites excluding steroid dienone is 2. The maximum absolute atomic E-state index is 12.8. The number of hydrogen-bond acceptors (Lipinski definition) is 3. The summed E-state index contributed by atoms with van der Waals surface area (Å²) in [5.41, 5.74) is 0.724. The highest BCUT2D eigenvalue weighted by atomic mass is 16.2.